The van der Waals surface area contributed by atoms with Crippen LogP contribution in [0.3, 0.4) is 0 Å². The predicted octanol–water partition coefficient (Wildman–Crippen LogP) is 1.91. The van der Waals surface area contributed by atoms with Crippen molar-refractivity contribution in [3.8, 4) is 0 Å². The fourth-order valence-electron chi connectivity index (χ4n) is 5.57. The molecule has 5 rings (SSSR count). The van der Waals surface area contributed by atoms with Gasteiger partial charge in [0.1, 0.15) is 0 Å². The zero-order valence-electron chi connectivity index (χ0n) is 12.2. The second kappa shape index (κ2) is 4.78. The van der Waals surface area contributed by atoms with E-state index < -0.39 is 5.97 Å². The van der Waals surface area contributed by atoms with Gasteiger partial charge in [-0.25, -0.2) is 4.68 Å². The summed E-state index contributed by atoms with van der Waals surface area (Å²) in [6.45, 7) is 0.379. The predicted molar refractivity (Wildman–Crippen MR) is 74.4 cm³/mol. The lowest BCUT2D eigenvalue weighted by molar-refractivity contribution is -0.137. The molecular weight excluding hydrogens is 268 g/mol. The third-order valence-electron chi connectivity index (χ3n) is 5.84. The summed E-state index contributed by atoms with van der Waals surface area (Å²) in [7, 11) is 0. The maximum atomic E-state index is 10.7. The molecule has 6 heteroatoms. The Morgan fingerprint density at radius 2 is 1.81 bits per heavy atom. The lowest BCUT2D eigenvalue weighted by Crippen LogP contribution is -2.47. The average molecular weight is 290 g/mol. The summed E-state index contributed by atoms with van der Waals surface area (Å²) in [5.41, 5.74) is 0.393. The van der Waals surface area contributed by atoms with Crippen LogP contribution in [0.25, 0.3) is 0 Å². The van der Waals surface area contributed by atoms with Crippen LogP contribution in [0, 0.1) is 23.2 Å². The SMILES string of the molecule is O=C(O)CCn1nnnc1CC12CC3CC(CC(C3)C1)C2. The van der Waals surface area contributed by atoms with Gasteiger partial charge in [-0.1, -0.05) is 0 Å². The Morgan fingerprint density at radius 3 is 2.38 bits per heavy atom. The third-order valence-corrected chi connectivity index (χ3v) is 5.84. The van der Waals surface area contributed by atoms with Gasteiger partial charge >= 0.3 is 5.97 Å². The van der Waals surface area contributed by atoms with Gasteiger partial charge in [-0.2, -0.15) is 0 Å². The van der Waals surface area contributed by atoms with E-state index in [4.69, 9.17) is 5.11 Å². The first-order valence-electron chi connectivity index (χ1n) is 8.09. The third kappa shape index (κ3) is 2.45. The standard InChI is InChI=1S/C15H22N4O2/c20-14(21)1-2-19-13(16-17-18-19)9-15-6-10-3-11(7-15)5-12(4-10)8-15/h10-12H,1-9H2,(H,20,21). The van der Waals surface area contributed by atoms with E-state index in [1.165, 1.54) is 38.5 Å². The molecule has 0 aliphatic heterocycles. The molecule has 4 aliphatic rings. The highest BCUT2D eigenvalue weighted by Gasteiger charge is 2.51. The van der Waals surface area contributed by atoms with Crippen molar-refractivity contribution >= 4 is 5.97 Å². The van der Waals surface area contributed by atoms with E-state index in [2.05, 4.69) is 15.5 Å². The summed E-state index contributed by atoms with van der Waals surface area (Å²) in [4.78, 5) is 10.7. The summed E-state index contributed by atoms with van der Waals surface area (Å²) in [6, 6.07) is 0. The summed E-state index contributed by atoms with van der Waals surface area (Å²) in [5.74, 6) is 2.84. The normalized spacial score (nSPS) is 37.0. The maximum absolute atomic E-state index is 10.7. The van der Waals surface area contributed by atoms with Crippen molar-refractivity contribution in [2.45, 2.75) is 57.9 Å². The van der Waals surface area contributed by atoms with Crippen molar-refractivity contribution in [1.82, 2.24) is 20.2 Å². The van der Waals surface area contributed by atoms with Crippen LogP contribution in [0.5, 0.6) is 0 Å². The molecule has 0 spiro atoms. The number of carboxylic acids is 1. The summed E-state index contributed by atoms with van der Waals surface area (Å²) in [6.07, 6.45) is 9.29. The lowest BCUT2D eigenvalue weighted by atomic mass is 9.49. The van der Waals surface area contributed by atoms with Crippen molar-refractivity contribution in [3.05, 3.63) is 5.82 Å². The molecule has 1 heterocycles. The Morgan fingerprint density at radius 1 is 1.19 bits per heavy atom. The molecule has 6 nitrogen and oxygen atoms in total. The fraction of sp³-hybridized carbons (Fsp3) is 0.867. The minimum atomic E-state index is -0.800. The smallest absolute Gasteiger partial charge is 0.305 e. The molecule has 0 aromatic carbocycles. The van der Waals surface area contributed by atoms with Crippen LogP contribution in [-0.2, 0) is 17.8 Å². The molecule has 0 radical (unpaired) electrons. The zero-order valence-corrected chi connectivity index (χ0v) is 12.2. The fourth-order valence-corrected chi connectivity index (χ4v) is 5.57. The molecule has 1 aromatic rings. The van der Waals surface area contributed by atoms with Gasteiger partial charge in [0, 0.05) is 6.42 Å². The number of aromatic nitrogens is 4. The van der Waals surface area contributed by atoms with E-state index >= 15 is 0 Å². The molecule has 0 saturated heterocycles. The molecule has 4 bridgehead atoms. The maximum Gasteiger partial charge on any atom is 0.305 e. The van der Waals surface area contributed by atoms with Gasteiger partial charge in [-0.3, -0.25) is 4.79 Å². The molecule has 4 aliphatic carbocycles. The summed E-state index contributed by atoms with van der Waals surface area (Å²) < 4.78 is 1.70. The van der Waals surface area contributed by atoms with Crippen LogP contribution in [0.2, 0.25) is 0 Å². The van der Waals surface area contributed by atoms with Crippen LogP contribution < -0.4 is 0 Å². The highest BCUT2D eigenvalue weighted by molar-refractivity contribution is 5.66. The van der Waals surface area contributed by atoms with Gasteiger partial charge in [-0.05, 0) is 72.1 Å². The molecule has 4 saturated carbocycles. The molecule has 1 aromatic heterocycles. The van der Waals surface area contributed by atoms with Gasteiger partial charge in [0.15, 0.2) is 5.82 Å². The molecule has 1 N–H and O–H groups in total. The Labute approximate surface area is 123 Å². The number of tetrazole rings is 1. The largest absolute Gasteiger partial charge is 0.481 e. The number of aryl methyl sites for hydroxylation is 1. The minimum absolute atomic E-state index is 0.0823. The van der Waals surface area contributed by atoms with Crippen LogP contribution in [-0.4, -0.2) is 31.3 Å². The van der Waals surface area contributed by atoms with E-state index in [1.54, 1.807) is 4.68 Å². The molecule has 0 atom stereocenters. The quantitative estimate of drug-likeness (QED) is 0.896. The van der Waals surface area contributed by atoms with Gasteiger partial charge in [0.05, 0.1) is 13.0 Å². The molecule has 114 valence electrons. The van der Waals surface area contributed by atoms with Crippen molar-refractivity contribution in [2.75, 3.05) is 0 Å². The number of hydrogen-bond donors (Lipinski definition) is 1. The summed E-state index contributed by atoms with van der Waals surface area (Å²) in [5, 5.41) is 20.7. The number of carboxylic acid groups (broad SMARTS) is 1. The zero-order chi connectivity index (χ0) is 14.4. The van der Waals surface area contributed by atoms with E-state index in [0.717, 1.165) is 30.0 Å². The Balaban J connectivity index is 1.51. The lowest BCUT2D eigenvalue weighted by Gasteiger charge is -2.56. The van der Waals surface area contributed by atoms with E-state index in [1.807, 2.05) is 0 Å². The second-order valence-electron chi connectivity index (χ2n) is 7.56. The molecule has 21 heavy (non-hydrogen) atoms. The van der Waals surface area contributed by atoms with Crippen LogP contribution in [0.15, 0.2) is 0 Å². The first kappa shape index (κ1) is 13.2. The highest BCUT2D eigenvalue weighted by Crippen LogP contribution is 2.60. The topological polar surface area (TPSA) is 80.9 Å². The van der Waals surface area contributed by atoms with Crippen molar-refractivity contribution < 1.29 is 9.90 Å². The number of carbonyl (C=O) groups is 1. The Kier molecular flexibility index (Phi) is 3.01. The van der Waals surface area contributed by atoms with Gasteiger partial charge < -0.3 is 5.11 Å². The first-order valence-corrected chi connectivity index (χ1v) is 8.09. The van der Waals surface area contributed by atoms with Crippen molar-refractivity contribution in [1.29, 1.82) is 0 Å². The minimum Gasteiger partial charge on any atom is -0.481 e. The monoisotopic (exact) mass is 290 g/mol. The Bertz CT molecular complexity index is 518. The van der Waals surface area contributed by atoms with E-state index in [-0.39, 0.29) is 6.42 Å². The van der Waals surface area contributed by atoms with Crippen molar-refractivity contribution in [3.63, 3.8) is 0 Å². The average Bonchev–Trinajstić information content (AvgIpc) is 2.81. The molecule has 0 amide bonds. The highest BCUT2D eigenvalue weighted by atomic mass is 16.4. The molecular formula is C15H22N4O2. The van der Waals surface area contributed by atoms with Crippen LogP contribution in [0.4, 0.5) is 0 Å². The number of hydrogen-bond acceptors (Lipinski definition) is 4. The first-order chi connectivity index (χ1) is 10.1. The second-order valence-corrected chi connectivity index (χ2v) is 7.56. The van der Waals surface area contributed by atoms with Crippen molar-refractivity contribution in [2.24, 2.45) is 23.2 Å². The molecule has 0 unspecified atom stereocenters. The van der Waals surface area contributed by atoms with Crippen LogP contribution in [0.1, 0.15) is 50.8 Å². The summed E-state index contributed by atoms with van der Waals surface area (Å²) >= 11 is 0. The Hall–Kier alpha value is -1.46. The van der Waals surface area contributed by atoms with Gasteiger partial charge in [0.2, 0.25) is 0 Å². The van der Waals surface area contributed by atoms with E-state index in [0.29, 0.717) is 12.0 Å². The number of aliphatic carboxylic acids is 1. The van der Waals surface area contributed by atoms with Gasteiger partial charge in [-0.15, -0.1) is 5.10 Å². The molecule has 4 fully saturated rings. The van der Waals surface area contributed by atoms with Crippen LogP contribution >= 0.6 is 0 Å². The number of nitrogens with zero attached hydrogens (tertiary/aromatic N) is 4. The van der Waals surface area contributed by atoms with E-state index in [9.17, 15) is 4.79 Å². The number of rotatable bonds is 5. The van der Waals surface area contributed by atoms with Gasteiger partial charge in [0.25, 0.3) is 0 Å².